The van der Waals surface area contributed by atoms with Crippen LogP contribution in [-0.4, -0.2) is 5.91 Å². The first-order valence-corrected chi connectivity index (χ1v) is 6.74. The van der Waals surface area contributed by atoms with Gasteiger partial charge in [0, 0.05) is 15.8 Å². The summed E-state index contributed by atoms with van der Waals surface area (Å²) in [5, 5.41) is 11.9. The highest BCUT2D eigenvalue weighted by Crippen LogP contribution is 2.22. The number of nitrogen functional groups attached to an aromatic ring is 1. The molecule has 2 rings (SSSR count). The van der Waals surface area contributed by atoms with Gasteiger partial charge in [-0.1, -0.05) is 27.5 Å². The topological polar surface area (TPSA) is 78.9 Å². The molecule has 4 nitrogen and oxygen atoms in total. The monoisotopic (exact) mass is 349 g/mol. The number of nitrogens with zero attached hydrogens (tertiary/aromatic N) is 1. The molecule has 0 aliphatic heterocycles. The molecule has 0 aliphatic carbocycles. The first-order valence-electron chi connectivity index (χ1n) is 5.57. The van der Waals surface area contributed by atoms with Crippen molar-refractivity contribution >= 4 is 44.8 Å². The minimum Gasteiger partial charge on any atom is -0.398 e. The molecule has 0 atom stereocenters. The Labute approximate surface area is 129 Å². The van der Waals surface area contributed by atoms with Crippen LogP contribution < -0.4 is 11.1 Å². The fourth-order valence-corrected chi connectivity index (χ4v) is 2.13. The fraction of sp³-hybridized carbons (Fsp3) is 0. The van der Waals surface area contributed by atoms with Crippen molar-refractivity contribution in [2.45, 2.75) is 0 Å². The van der Waals surface area contributed by atoms with Crippen molar-refractivity contribution in [3.05, 3.63) is 57.0 Å². The number of anilines is 2. The Kier molecular flexibility index (Phi) is 4.28. The van der Waals surface area contributed by atoms with Crippen LogP contribution in [0.1, 0.15) is 15.9 Å². The van der Waals surface area contributed by atoms with Crippen molar-refractivity contribution in [2.24, 2.45) is 0 Å². The Morgan fingerprint density at radius 1 is 1.30 bits per heavy atom. The molecule has 0 spiro atoms. The lowest BCUT2D eigenvalue weighted by Crippen LogP contribution is -2.14. The molecule has 0 saturated carbocycles. The molecule has 2 aromatic rings. The van der Waals surface area contributed by atoms with Gasteiger partial charge in [-0.15, -0.1) is 0 Å². The van der Waals surface area contributed by atoms with E-state index in [-0.39, 0.29) is 5.91 Å². The van der Waals surface area contributed by atoms with Crippen molar-refractivity contribution in [1.29, 1.82) is 5.26 Å². The van der Waals surface area contributed by atoms with Crippen LogP contribution >= 0.6 is 27.5 Å². The van der Waals surface area contributed by atoms with E-state index in [0.29, 0.717) is 27.5 Å². The molecular formula is C14H9BrClN3O. The number of carbonyl (C=O) groups is 1. The van der Waals surface area contributed by atoms with Gasteiger partial charge in [-0.25, -0.2) is 0 Å². The summed E-state index contributed by atoms with van der Waals surface area (Å²) in [7, 11) is 0. The van der Waals surface area contributed by atoms with E-state index in [1.54, 1.807) is 30.3 Å². The summed E-state index contributed by atoms with van der Waals surface area (Å²) in [5.74, 6) is -0.352. The normalized spacial score (nSPS) is 9.85. The van der Waals surface area contributed by atoms with Crippen LogP contribution in [0.25, 0.3) is 0 Å². The van der Waals surface area contributed by atoms with E-state index in [9.17, 15) is 4.79 Å². The van der Waals surface area contributed by atoms with E-state index < -0.39 is 0 Å². The lowest BCUT2D eigenvalue weighted by molar-refractivity contribution is 0.102. The Balaban J connectivity index is 2.28. The summed E-state index contributed by atoms with van der Waals surface area (Å²) in [6, 6.07) is 11.7. The average Bonchev–Trinajstić information content (AvgIpc) is 2.43. The van der Waals surface area contributed by atoms with Gasteiger partial charge in [0.15, 0.2) is 0 Å². The standard InChI is InChI=1S/C14H9BrClN3O/c15-9-1-4-13(18)11(6-9)14(20)19-10-2-3-12(16)8(5-10)7-17/h1-6H,18H2,(H,19,20). The molecule has 0 heterocycles. The number of carbonyl (C=O) groups excluding carboxylic acids is 1. The molecule has 20 heavy (non-hydrogen) atoms. The molecule has 3 N–H and O–H groups in total. The molecule has 0 aromatic heterocycles. The zero-order valence-electron chi connectivity index (χ0n) is 10.2. The molecule has 0 fully saturated rings. The van der Waals surface area contributed by atoms with Gasteiger partial charge in [0.25, 0.3) is 5.91 Å². The van der Waals surface area contributed by atoms with E-state index in [2.05, 4.69) is 21.2 Å². The number of hydrogen-bond donors (Lipinski definition) is 2. The Morgan fingerprint density at radius 2 is 2.05 bits per heavy atom. The zero-order valence-corrected chi connectivity index (χ0v) is 12.5. The van der Waals surface area contributed by atoms with Crippen LogP contribution in [-0.2, 0) is 0 Å². The summed E-state index contributed by atoms with van der Waals surface area (Å²) in [5.41, 5.74) is 7.28. The Bertz CT molecular complexity index is 725. The minimum atomic E-state index is -0.352. The largest absolute Gasteiger partial charge is 0.398 e. The third kappa shape index (κ3) is 3.10. The summed E-state index contributed by atoms with van der Waals surface area (Å²) >= 11 is 9.12. The van der Waals surface area contributed by atoms with Crippen LogP contribution in [0.3, 0.4) is 0 Å². The number of nitrogens with two attached hydrogens (primary N) is 1. The van der Waals surface area contributed by atoms with Crippen LogP contribution in [0, 0.1) is 11.3 Å². The van der Waals surface area contributed by atoms with E-state index in [4.69, 9.17) is 22.6 Å². The number of hydrogen-bond acceptors (Lipinski definition) is 3. The van der Waals surface area contributed by atoms with Gasteiger partial charge in [-0.05, 0) is 36.4 Å². The van der Waals surface area contributed by atoms with Gasteiger partial charge in [-0.3, -0.25) is 4.79 Å². The van der Waals surface area contributed by atoms with E-state index in [1.165, 1.54) is 6.07 Å². The highest BCUT2D eigenvalue weighted by molar-refractivity contribution is 9.10. The second-order valence-corrected chi connectivity index (χ2v) is 5.32. The predicted octanol–water partition coefficient (Wildman–Crippen LogP) is 3.81. The lowest BCUT2D eigenvalue weighted by Gasteiger charge is -2.08. The number of benzene rings is 2. The molecule has 0 bridgehead atoms. The maximum Gasteiger partial charge on any atom is 0.257 e. The van der Waals surface area contributed by atoms with Crippen molar-refractivity contribution < 1.29 is 4.79 Å². The molecule has 2 aromatic carbocycles. The lowest BCUT2D eigenvalue weighted by atomic mass is 10.1. The minimum absolute atomic E-state index is 0.298. The van der Waals surface area contributed by atoms with E-state index in [1.807, 2.05) is 6.07 Å². The summed E-state index contributed by atoms with van der Waals surface area (Å²) in [6.45, 7) is 0. The van der Waals surface area contributed by atoms with Crippen LogP contribution in [0.15, 0.2) is 40.9 Å². The van der Waals surface area contributed by atoms with Crippen molar-refractivity contribution in [3.8, 4) is 6.07 Å². The summed E-state index contributed by atoms with van der Waals surface area (Å²) in [4.78, 5) is 12.1. The molecule has 0 radical (unpaired) electrons. The maximum absolute atomic E-state index is 12.1. The number of nitriles is 1. The molecule has 0 saturated heterocycles. The second-order valence-electron chi connectivity index (χ2n) is 3.99. The Morgan fingerprint density at radius 3 is 2.75 bits per heavy atom. The highest BCUT2D eigenvalue weighted by atomic mass is 79.9. The highest BCUT2D eigenvalue weighted by Gasteiger charge is 2.11. The smallest absolute Gasteiger partial charge is 0.257 e. The number of nitrogens with one attached hydrogen (secondary N) is 1. The first kappa shape index (κ1) is 14.4. The third-order valence-corrected chi connectivity index (χ3v) is 3.43. The number of rotatable bonds is 2. The Hall–Kier alpha value is -2.03. The predicted molar refractivity (Wildman–Crippen MR) is 82.7 cm³/mol. The van der Waals surface area contributed by atoms with Crippen LogP contribution in [0.5, 0.6) is 0 Å². The SMILES string of the molecule is N#Cc1cc(NC(=O)c2cc(Br)ccc2N)ccc1Cl. The fourth-order valence-electron chi connectivity index (χ4n) is 1.61. The van der Waals surface area contributed by atoms with Gasteiger partial charge in [0.1, 0.15) is 6.07 Å². The van der Waals surface area contributed by atoms with Crippen LogP contribution in [0.2, 0.25) is 5.02 Å². The molecule has 0 aliphatic rings. The van der Waals surface area contributed by atoms with Gasteiger partial charge < -0.3 is 11.1 Å². The van der Waals surface area contributed by atoms with Gasteiger partial charge in [-0.2, -0.15) is 5.26 Å². The van der Waals surface area contributed by atoms with E-state index >= 15 is 0 Å². The number of amides is 1. The first-order chi connectivity index (χ1) is 9.51. The molecule has 6 heteroatoms. The van der Waals surface area contributed by atoms with Gasteiger partial charge in [0.05, 0.1) is 16.1 Å². The van der Waals surface area contributed by atoms with Crippen molar-refractivity contribution in [1.82, 2.24) is 0 Å². The second kappa shape index (κ2) is 5.95. The molecule has 1 amide bonds. The quantitative estimate of drug-likeness (QED) is 0.808. The van der Waals surface area contributed by atoms with E-state index in [0.717, 1.165) is 4.47 Å². The molecule has 100 valence electrons. The van der Waals surface area contributed by atoms with Crippen molar-refractivity contribution in [3.63, 3.8) is 0 Å². The molecular weight excluding hydrogens is 342 g/mol. The maximum atomic E-state index is 12.1. The van der Waals surface area contributed by atoms with Crippen molar-refractivity contribution in [2.75, 3.05) is 11.1 Å². The summed E-state index contributed by atoms with van der Waals surface area (Å²) < 4.78 is 0.755. The van der Waals surface area contributed by atoms with Gasteiger partial charge in [0.2, 0.25) is 0 Å². The summed E-state index contributed by atoms with van der Waals surface area (Å²) in [6.07, 6.45) is 0. The average molecular weight is 351 g/mol. The van der Waals surface area contributed by atoms with Crippen LogP contribution in [0.4, 0.5) is 11.4 Å². The third-order valence-electron chi connectivity index (χ3n) is 2.60. The molecule has 0 unspecified atom stereocenters. The van der Waals surface area contributed by atoms with Gasteiger partial charge >= 0.3 is 0 Å². The number of halogens is 2. The zero-order chi connectivity index (χ0) is 14.7.